The Kier molecular flexibility index (Phi) is 6.13. The van der Waals surface area contributed by atoms with E-state index in [0.29, 0.717) is 18.9 Å². The lowest BCUT2D eigenvalue weighted by molar-refractivity contribution is -0.122. The molecule has 2 fully saturated rings. The van der Waals surface area contributed by atoms with Gasteiger partial charge in [-0.1, -0.05) is 25.0 Å². The number of ether oxygens (including phenoxy) is 1. The van der Waals surface area contributed by atoms with Gasteiger partial charge >= 0.3 is 0 Å². The average Bonchev–Trinajstić information content (AvgIpc) is 3.30. The van der Waals surface area contributed by atoms with Crippen LogP contribution in [0.5, 0.6) is 5.75 Å². The second-order valence-electron chi connectivity index (χ2n) is 7.19. The van der Waals surface area contributed by atoms with Crippen molar-refractivity contribution in [3.63, 3.8) is 0 Å². The normalized spacial score (nSPS) is 20.2. The maximum Gasteiger partial charge on any atom is 0.220 e. The molecule has 1 heterocycles. The molecule has 1 aromatic rings. The zero-order valence-corrected chi connectivity index (χ0v) is 14.8. The van der Waals surface area contributed by atoms with Gasteiger partial charge in [0, 0.05) is 13.0 Å². The van der Waals surface area contributed by atoms with Crippen LogP contribution in [-0.2, 0) is 4.79 Å². The Labute approximate surface area is 145 Å². The molecular formula is C20H30N2O2. The van der Waals surface area contributed by atoms with Gasteiger partial charge in [0.15, 0.2) is 0 Å². The third kappa shape index (κ3) is 4.50. The van der Waals surface area contributed by atoms with Crippen molar-refractivity contribution < 1.29 is 9.53 Å². The summed E-state index contributed by atoms with van der Waals surface area (Å²) in [4.78, 5) is 14.8. The summed E-state index contributed by atoms with van der Waals surface area (Å²) in [6.07, 6.45) is 8.24. The maximum atomic E-state index is 12.3. The van der Waals surface area contributed by atoms with Crippen molar-refractivity contribution in [1.29, 1.82) is 0 Å². The number of hydrogen-bond acceptors (Lipinski definition) is 3. The molecule has 2 aliphatic rings. The van der Waals surface area contributed by atoms with Crippen LogP contribution in [0.3, 0.4) is 0 Å². The van der Waals surface area contributed by atoms with Crippen molar-refractivity contribution >= 4 is 5.91 Å². The molecule has 4 nitrogen and oxygen atoms in total. The number of amides is 1. The number of nitrogens with zero attached hydrogens (tertiary/aromatic N) is 1. The van der Waals surface area contributed by atoms with Gasteiger partial charge in [0.2, 0.25) is 5.91 Å². The molecule has 0 spiro atoms. The summed E-state index contributed by atoms with van der Waals surface area (Å²) in [7, 11) is 1.69. The summed E-state index contributed by atoms with van der Waals surface area (Å²) in [5, 5.41) is 3.20. The van der Waals surface area contributed by atoms with Crippen molar-refractivity contribution in [2.75, 3.05) is 26.7 Å². The zero-order valence-electron chi connectivity index (χ0n) is 14.8. The van der Waals surface area contributed by atoms with Crippen LogP contribution in [0, 0.1) is 5.92 Å². The first kappa shape index (κ1) is 17.3. The summed E-state index contributed by atoms with van der Waals surface area (Å²) < 4.78 is 5.26. The van der Waals surface area contributed by atoms with E-state index in [2.05, 4.69) is 22.3 Å². The van der Waals surface area contributed by atoms with Crippen molar-refractivity contribution in [3.05, 3.63) is 29.8 Å². The van der Waals surface area contributed by atoms with Gasteiger partial charge in [0.05, 0.1) is 13.2 Å². The standard InChI is InChI=1S/C20H30N2O2/c1-24-18-10-8-17(9-11-18)19(22-12-4-5-13-22)15-21-20(23)14-16-6-2-3-7-16/h8-11,16,19H,2-7,12-15H2,1H3,(H,21,23). The molecule has 1 aliphatic carbocycles. The molecule has 1 saturated carbocycles. The van der Waals surface area contributed by atoms with Gasteiger partial charge in [0.1, 0.15) is 5.75 Å². The minimum Gasteiger partial charge on any atom is -0.497 e. The van der Waals surface area contributed by atoms with E-state index in [1.54, 1.807) is 7.11 Å². The first-order valence-corrected chi connectivity index (χ1v) is 9.41. The molecular weight excluding hydrogens is 300 g/mol. The summed E-state index contributed by atoms with van der Waals surface area (Å²) in [6.45, 7) is 2.95. The Morgan fingerprint density at radius 2 is 1.83 bits per heavy atom. The van der Waals surface area contributed by atoms with Gasteiger partial charge in [-0.05, 0) is 62.4 Å². The largest absolute Gasteiger partial charge is 0.497 e. The average molecular weight is 330 g/mol. The van der Waals surface area contributed by atoms with Gasteiger partial charge < -0.3 is 10.1 Å². The number of benzene rings is 1. The van der Waals surface area contributed by atoms with Crippen LogP contribution in [0.4, 0.5) is 0 Å². The van der Waals surface area contributed by atoms with E-state index in [0.717, 1.165) is 18.8 Å². The van der Waals surface area contributed by atoms with Crippen LogP contribution < -0.4 is 10.1 Å². The van der Waals surface area contributed by atoms with Crippen molar-refractivity contribution in [3.8, 4) is 5.75 Å². The number of methoxy groups -OCH3 is 1. The molecule has 1 N–H and O–H groups in total. The van der Waals surface area contributed by atoms with E-state index < -0.39 is 0 Å². The topological polar surface area (TPSA) is 41.6 Å². The van der Waals surface area contributed by atoms with Crippen LogP contribution in [0.25, 0.3) is 0 Å². The lowest BCUT2D eigenvalue weighted by Gasteiger charge is -2.28. The number of carbonyl (C=O) groups excluding carboxylic acids is 1. The molecule has 1 unspecified atom stereocenters. The Hall–Kier alpha value is -1.55. The predicted molar refractivity (Wildman–Crippen MR) is 96.1 cm³/mol. The maximum absolute atomic E-state index is 12.3. The Morgan fingerprint density at radius 3 is 2.46 bits per heavy atom. The summed E-state index contributed by atoms with van der Waals surface area (Å²) in [5.74, 6) is 1.71. The third-order valence-corrected chi connectivity index (χ3v) is 5.52. The minimum atomic E-state index is 0.222. The molecule has 1 amide bonds. The van der Waals surface area contributed by atoms with E-state index in [4.69, 9.17) is 4.74 Å². The zero-order chi connectivity index (χ0) is 16.8. The van der Waals surface area contributed by atoms with Gasteiger partial charge in [0.25, 0.3) is 0 Å². The first-order chi connectivity index (χ1) is 11.8. The van der Waals surface area contributed by atoms with Crippen LogP contribution in [0.15, 0.2) is 24.3 Å². The highest BCUT2D eigenvalue weighted by Gasteiger charge is 2.25. The van der Waals surface area contributed by atoms with Crippen molar-refractivity contribution in [2.45, 2.75) is 51.0 Å². The highest BCUT2D eigenvalue weighted by atomic mass is 16.5. The van der Waals surface area contributed by atoms with E-state index in [1.807, 2.05) is 12.1 Å². The van der Waals surface area contributed by atoms with Crippen LogP contribution in [-0.4, -0.2) is 37.6 Å². The van der Waals surface area contributed by atoms with E-state index in [-0.39, 0.29) is 11.9 Å². The van der Waals surface area contributed by atoms with Crippen molar-refractivity contribution in [1.82, 2.24) is 10.2 Å². The number of nitrogens with one attached hydrogen (secondary N) is 1. The Morgan fingerprint density at radius 1 is 1.17 bits per heavy atom. The minimum absolute atomic E-state index is 0.222. The number of carbonyl (C=O) groups is 1. The lowest BCUT2D eigenvalue weighted by atomic mass is 10.0. The molecule has 24 heavy (non-hydrogen) atoms. The monoisotopic (exact) mass is 330 g/mol. The highest BCUT2D eigenvalue weighted by Crippen LogP contribution is 2.28. The predicted octanol–water partition coefficient (Wildman–Crippen LogP) is 3.53. The molecule has 1 aromatic carbocycles. The summed E-state index contributed by atoms with van der Waals surface area (Å²) >= 11 is 0. The van der Waals surface area contributed by atoms with Gasteiger partial charge in [-0.3, -0.25) is 9.69 Å². The molecule has 0 bridgehead atoms. The third-order valence-electron chi connectivity index (χ3n) is 5.52. The lowest BCUT2D eigenvalue weighted by Crippen LogP contribution is -2.37. The van der Waals surface area contributed by atoms with E-state index in [9.17, 15) is 4.79 Å². The van der Waals surface area contributed by atoms with E-state index >= 15 is 0 Å². The first-order valence-electron chi connectivity index (χ1n) is 9.41. The molecule has 1 atom stereocenters. The Bertz CT molecular complexity index is 517. The quantitative estimate of drug-likeness (QED) is 0.831. The molecule has 3 rings (SSSR count). The van der Waals surface area contributed by atoms with Gasteiger partial charge in [-0.15, -0.1) is 0 Å². The second kappa shape index (κ2) is 8.52. The molecule has 0 aromatic heterocycles. The fourth-order valence-electron chi connectivity index (χ4n) is 4.10. The smallest absolute Gasteiger partial charge is 0.220 e. The summed E-state index contributed by atoms with van der Waals surface area (Å²) in [6, 6.07) is 8.55. The number of likely N-dealkylation sites (tertiary alicyclic amines) is 1. The van der Waals surface area contributed by atoms with Gasteiger partial charge in [-0.25, -0.2) is 0 Å². The fraction of sp³-hybridized carbons (Fsp3) is 0.650. The molecule has 1 aliphatic heterocycles. The SMILES string of the molecule is COc1ccc(C(CNC(=O)CC2CCCC2)N2CCCC2)cc1. The fourth-order valence-corrected chi connectivity index (χ4v) is 4.10. The number of rotatable bonds is 7. The molecule has 4 heteroatoms. The summed E-state index contributed by atoms with van der Waals surface area (Å²) in [5.41, 5.74) is 1.26. The molecule has 132 valence electrons. The molecule has 1 saturated heterocycles. The second-order valence-corrected chi connectivity index (χ2v) is 7.19. The van der Waals surface area contributed by atoms with Crippen LogP contribution in [0.2, 0.25) is 0 Å². The van der Waals surface area contributed by atoms with Crippen molar-refractivity contribution in [2.24, 2.45) is 5.92 Å². The molecule has 0 radical (unpaired) electrons. The van der Waals surface area contributed by atoms with E-state index in [1.165, 1.54) is 44.1 Å². The number of hydrogen-bond donors (Lipinski definition) is 1. The Balaban J connectivity index is 1.60. The highest BCUT2D eigenvalue weighted by molar-refractivity contribution is 5.76. The van der Waals surface area contributed by atoms with Gasteiger partial charge in [-0.2, -0.15) is 0 Å². The van der Waals surface area contributed by atoms with Crippen LogP contribution in [0.1, 0.15) is 56.6 Å². The van der Waals surface area contributed by atoms with Crippen LogP contribution >= 0.6 is 0 Å².